The first-order valence-electron chi connectivity index (χ1n) is 20.2. The lowest BCUT2D eigenvalue weighted by Gasteiger charge is -2.44. The first-order valence-corrected chi connectivity index (χ1v) is 20.2. The van der Waals surface area contributed by atoms with Crippen molar-refractivity contribution in [3.05, 3.63) is 167 Å². The molecule has 302 valence electrons. The number of urea groups is 1. The van der Waals surface area contributed by atoms with E-state index in [0.717, 1.165) is 78.2 Å². The highest BCUT2D eigenvalue weighted by Crippen LogP contribution is 2.42. The summed E-state index contributed by atoms with van der Waals surface area (Å²) in [5, 5.41) is 15.4. The van der Waals surface area contributed by atoms with Gasteiger partial charge in [-0.15, -0.1) is 0 Å². The van der Waals surface area contributed by atoms with Gasteiger partial charge in [-0.2, -0.15) is 0 Å². The maximum absolute atomic E-state index is 13.0. The van der Waals surface area contributed by atoms with E-state index in [2.05, 4.69) is 94.1 Å². The van der Waals surface area contributed by atoms with Crippen molar-refractivity contribution in [2.24, 2.45) is 5.92 Å². The van der Waals surface area contributed by atoms with E-state index in [-0.39, 0.29) is 31.3 Å². The molecule has 2 amide bonds. The van der Waals surface area contributed by atoms with Crippen LogP contribution in [0.3, 0.4) is 0 Å². The molecule has 0 aliphatic carbocycles. The second-order valence-corrected chi connectivity index (χ2v) is 15.3. The Hall–Kier alpha value is -5.36. The zero-order valence-corrected chi connectivity index (χ0v) is 33.3. The fourth-order valence-electron chi connectivity index (χ4n) is 7.86. The summed E-state index contributed by atoms with van der Waals surface area (Å²) in [7, 11) is 1.32. The Morgan fingerprint density at radius 2 is 1.36 bits per heavy atom. The van der Waals surface area contributed by atoms with E-state index in [0.29, 0.717) is 6.42 Å². The van der Waals surface area contributed by atoms with Crippen molar-refractivity contribution in [3.63, 3.8) is 0 Å². The van der Waals surface area contributed by atoms with Gasteiger partial charge in [0.2, 0.25) is 0 Å². The SMILES string of the molecule is COC(=O)[C@H](Cc1ccccc1)NC(=O)NCc1cccc(-c2cccc([C@@H]3O[C@H](CN4CCN(Cc5ccccc5)CC4)[C@H](C)[C@H](c4ccc(CO)cc4)O3)c2)c1. The summed E-state index contributed by atoms with van der Waals surface area (Å²) in [4.78, 5) is 30.5. The molecule has 0 aromatic heterocycles. The first-order chi connectivity index (χ1) is 28.3. The second-order valence-electron chi connectivity index (χ2n) is 15.3. The highest BCUT2D eigenvalue weighted by atomic mass is 16.7. The van der Waals surface area contributed by atoms with Crippen molar-refractivity contribution in [3.8, 4) is 11.1 Å². The number of carbonyl (C=O) groups excluding carboxylic acids is 2. The van der Waals surface area contributed by atoms with Crippen LogP contribution < -0.4 is 10.6 Å². The molecule has 5 aromatic rings. The lowest BCUT2D eigenvalue weighted by Crippen LogP contribution is -2.51. The molecule has 10 nitrogen and oxygen atoms in total. The van der Waals surface area contributed by atoms with Crippen molar-refractivity contribution < 1.29 is 28.9 Å². The first kappa shape index (κ1) is 40.8. The number of piperazine rings is 1. The molecule has 2 aliphatic heterocycles. The second kappa shape index (κ2) is 19.9. The fraction of sp³-hybridized carbons (Fsp3) is 0.333. The molecule has 0 radical (unpaired) electrons. The Bertz CT molecular complexity index is 2070. The molecular weight excluding hydrogens is 729 g/mol. The zero-order chi connectivity index (χ0) is 40.3. The van der Waals surface area contributed by atoms with Gasteiger partial charge in [-0.05, 0) is 51.1 Å². The minimum absolute atomic E-state index is 0.00611. The van der Waals surface area contributed by atoms with E-state index < -0.39 is 24.3 Å². The predicted molar refractivity (Wildman–Crippen MR) is 224 cm³/mol. The Morgan fingerprint density at radius 3 is 2.05 bits per heavy atom. The van der Waals surface area contributed by atoms with Crippen LogP contribution in [0.2, 0.25) is 0 Å². The largest absolute Gasteiger partial charge is 0.467 e. The molecule has 10 heteroatoms. The van der Waals surface area contributed by atoms with E-state index in [4.69, 9.17) is 14.2 Å². The molecular formula is C48H54N4O6. The highest BCUT2D eigenvalue weighted by molar-refractivity contribution is 5.83. The fourth-order valence-corrected chi connectivity index (χ4v) is 7.86. The lowest BCUT2D eigenvalue weighted by molar-refractivity contribution is -0.276. The van der Waals surface area contributed by atoms with E-state index in [1.807, 2.05) is 66.7 Å². The smallest absolute Gasteiger partial charge is 0.328 e. The van der Waals surface area contributed by atoms with Gasteiger partial charge < -0.3 is 30.0 Å². The van der Waals surface area contributed by atoms with Crippen LogP contribution in [0.5, 0.6) is 0 Å². The topological polar surface area (TPSA) is 113 Å². The molecule has 2 aliphatic rings. The summed E-state index contributed by atoms with van der Waals surface area (Å²) in [5.41, 5.74) is 8.01. The van der Waals surface area contributed by atoms with Gasteiger partial charge in [0.15, 0.2) is 6.29 Å². The van der Waals surface area contributed by atoms with Crippen LogP contribution in [0, 0.1) is 5.92 Å². The summed E-state index contributed by atoms with van der Waals surface area (Å²) in [6.45, 7) is 8.21. The van der Waals surface area contributed by atoms with Crippen molar-refractivity contribution in [1.29, 1.82) is 0 Å². The average molecular weight is 783 g/mol. The van der Waals surface area contributed by atoms with Gasteiger partial charge in [0, 0.05) is 63.7 Å². The third-order valence-electron chi connectivity index (χ3n) is 11.2. The van der Waals surface area contributed by atoms with Crippen molar-refractivity contribution >= 4 is 12.0 Å². The molecule has 2 saturated heterocycles. The third kappa shape index (κ3) is 10.8. The van der Waals surface area contributed by atoms with Crippen molar-refractivity contribution in [2.75, 3.05) is 39.8 Å². The molecule has 2 fully saturated rings. The standard InChI is InChI=1S/C48H54N4O6/c1-34-44(32-52-25-23-51(24-26-52)31-36-13-7-4-8-14-36)57-47(58-45(34)39-21-19-37(33-53)20-22-39)42-18-10-17-41(29-42)40-16-9-15-38(27-40)30-49-48(55)50-43(46(54)56-2)28-35-11-5-3-6-12-35/h3-22,27,29,34,43-45,47,53H,23-26,28,30-33H2,1-2H3,(H2,49,50,55)/t34-,43-,44+,45+,47+/m0/s1. The minimum atomic E-state index is -0.817. The van der Waals surface area contributed by atoms with Gasteiger partial charge in [-0.3, -0.25) is 9.80 Å². The van der Waals surface area contributed by atoms with E-state index in [1.165, 1.54) is 12.7 Å². The number of nitrogens with zero attached hydrogens (tertiary/aromatic N) is 2. The summed E-state index contributed by atoms with van der Waals surface area (Å²) in [6.07, 6.45) is -0.538. The van der Waals surface area contributed by atoms with Gasteiger partial charge in [-0.1, -0.05) is 128 Å². The number of esters is 1. The maximum Gasteiger partial charge on any atom is 0.328 e. The van der Waals surface area contributed by atoms with Crippen molar-refractivity contribution in [1.82, 2.24) is 20.4 Å². The molecule has 0 unspecified atom stereocenters. The van der Waals surface area contributed by atoms with Crippen LogP contribution in [0.4, 0.5) is 4.79 Å². The van der Waals surface area contributed by atoms with Crippen LogP contribution in [0.15, 0.2) is 133 Å². The summed E-state index contributed by atoms with van der Waals surface area (Å²) in [5.74, 6) is -0.416. The average Bonchev–Trinajstić information content (AvgIpc) is 3.27. The van der Waals surface area contributed by atoms with E-state index in [1.54, 1.807) is 0 Å². The Kier molecular flexibility index (Phi) is 14.0. The Morgan fingerprint density at radius 1 is 0.724 bits per heavy atom. The number of carbonyl (C=O) groups is 2. The number of amides is 2. The number of nitrogens with one attached hydrogen (secondary N) is 2. The number of methoxy groups -OCH3 is 1. The molecule has 58 heavy (non-hydrogen) atoms. The molecule has 3 N–H and O–H groups in total. The third-order valence-corrected chi connectivity index (χ3v) is 11.2. The lowest BCUT2D eigenvalue weighted by atomic mass is 9.89. The van der Waals surface area contributed by atoms with Gasteiger partial charge in [0.25, 0.3) is 0 Å². The Labute approximate surface area is 341 Å². The van der Waals surface area contributed by atoms with Gasteiger partial charge in [0.05, 0.1) is 25.9 Å². The van der Waals surface area contributed by atoms with E-state index >= 15 is 0 Å². The summed E-state index contributed by atoms with van der Waals surface area (Å²) < 4.78 is 18.7. The molecule has 7 rings (SSSR count). The van der Waals surface area contributed by atoms with Crippen LogP contribution in [0.1, 0.15) is 52.7 Å². The molecule has 0 saturated carbocycles. The quantitative estimate of drug-likeness (QED) is 0.103. The number of hydrogen-bond acceptors (Lipinski definition) is 8. The highest BCUT2D eigenvalue weighted by Gasteiger charge is 2.39. The van der Waals surface area contributed by atoms with Crippen LogP contribution in [-0.2, 0) is 45.1 Å². The molecule has 0 spiro atoms. The number of aliphatic hydroxyl groups excluding tert-OH is 1. The van der Waals surface area contributed by atoms with E-state index in [9.17, 15) is 14.7 Å². The van der Waals surface area contributed by atoms with Gasteiger partial charge in [-0.25, -0.2) is 9.59 Å². The maximum atomic E-state index is 13.0. The molecule has 0 bridgehead atoms. The molecule has 5 atom stereocenters. The zero-order valence-electron chi connectivity index (χ0n) is 33.3. The monoisotopic (exact) mass is 782 g/mol. The van der Waals surface area contributed by atoms with Crippen LogP contribution in [-0.4, -0.2) is 78.9 Å². The summed E-state index contributed by atoms with van der Waals surface area (Å²) >= 11 is 0. The molecule has 5 aromatic carbocycles. The number of hydrogen-bond donors (Lipinski definition) is 3. The van der Waals surface area contributed by atoms with Crippen LogP contribution in [0.25, 0.3) is 11.1 Å². The normalized spacial score (nSPS) is 20.5. The van der Waals surface area contributed by atoms with Crippen LogP contribution >= 0.6 is 0 Å². The van der Waals surface area contributed by atoms with Gasteiger partial charge >= 0.3 is 12.0 Å². The number of rotatable bonds is 14. The number of ether oxygens (including phenoxy) is 3. The predicted octanol–water partition coefficient (Wildman–Crippen LogP) is 7.04. The minimum Gasteiger partial charge on any atom is -0.467 e. The summed E-state index contributed by atoms with van der Waals surface area (Å²) in [6, 6.07) is 43.3. The number of benzene rings is 5. The molecule has 2 heterocycles. The number of aliphatic hydroxyl groups is 1. The Balaban J connectivity index is 1.03. The van der Waals surface area contributed by atoms with Crippen molar-refractivity contribution in [2.45, 2.75) is 57.6 Å². The van der Waals surface area contributed by atoms with Gasteiger partial charge in [0.1, 0.15) is 6.04 Å².